The van der Waals surface area contributed by atoms with Gasteiger partial charge in [-0.15, -0.1) is 0 Å². The molecular weight excluding hydrogens is 456 g/mol. The standard InChI is InChI=1S/C22H27ClN2O6S/c1-16-5-7-18(15-19(16)23)29-11-9-24-22(26)4-3-10-25(32(2,27)28)17-6-8-20-21(14-17)31-13-12-30-20/h5-8,14-15H,3-4,9-13H2,1-2H3,(H,24,26). The number of nitrogens with one attached hydrogen (secondary N) is 1. The van der Waals surface area contributed by atoms with Gasteiger partial charge in [0.2, 0.25) is 15.9 Å². The highest BCUT2D eigenvalue weighted by Crippen LogP contribution is 2.34. The Morgan fingerprint density at radius 1 is 1.16 bits per heavy atom. The lowest BCUT2D eigenvalue weighted by molar-refractivity contribution is -0.121. The van der Waals surface area contributed by atoms with Crippen LogP contribution in [-0.4, -0.2) is 53.5 Å². The normalized spacial score (nSPS) is 12.8. The lowest BCUT2D eigenvalue weighted by atomic mass is 10.2. The van der Waals surface area contributed by atoms with Gasteiger partial charge in [-0.25, -0.2) is 8.42 Å². The number of anilines is 1. The van der Waals surface area contributed by atoms with E-state index in [2.05, 4.69) is 5.32 Å². The van der Waals surface area contributed by atoms with Crippen LogP contribution in [0.3, 0.4) is 0 Å². The Kier molecular flexibility index (Phi) is 8.09. The number of aryl methyl sites for hydroxylation is 1. The van der Waals surface area contributed by atoms with Gasteiger partial charge in [0, 0.05) is 24.1 Å². The van der Waals surface area contributed by atoms with Crippen LogP contribution in [0.2, 0.25) is 5.02 Å². The van der Waals surface area contributed by atoms with Gasteiger partial charge >= 0.3 is 0 Å². The first-order valence-electron chi connectivity index (χ1n) is 10.3. The van der Waals surface area contributed by atoms with E-state index in [0.717, 1.165) is 11.8 Å². The van der Waals surface area contributed by atoms with Crippen molar-refractivity contribution in [3.8, 4) is 17.2 Å². The first-order valence-corrected chi connectivity index (χ1v) is 12.5. The molecule has 0 spiro atoms. The lowest BCUT2D eigenvalue weighted by Gasteiger charge is -2.25. The molecule has 1 heterocycles. The maximum absolute atomic E-state index is 12.3. The Labute approximate surface area is 193 Å². The maximum Gasteiger partial charge on any atom is 0.232 e. The molecule has 174 valence electrons. The minimum absolute atomic E-state index is 0.171. The number of nitrogens with zero attached hydrogens (tertiary/aromatic N) is 1. The van der Waals surface area contributed by atoms with E-state index in [9.17, 15) is 13.2 Å². The molecule has 0 saturated carbocycles. The van der Waals surface area contributed by atoms with Crippen molar-refractivity contribution in [1.82, 2.24) is 5.32 Å². The van der Waals surface area contributed by atoms with Gasteiger partial charge in [0.05, 0.1) is 18.5 Å². The second-order valence-electron chi connectivity index (χ2n) is 7.38. The summed E-state index contributed by atoms with van der Waals surface area (Å²) in [5.74, 6) is 1.56. The molecule has 0 unspecified atom stereocenters. The Balaban J connectivity index is 1.45. The average molecular weight is 483 g/mol. The highest BCUT2D eigenvalue weighted by molar-refractivity contribution is 7.92. The molecular formula is C22H27ClN2O6S. The van der Waals surface area contributed by atoms with Crippen LogP contribution < -0.4 is 23.8 Å². The van der Waals surface area contributed by atoms with E-state index in [1.165, 1.54) is 4.31 Å². The highest BCUT2D eigenvalue weighted by atomic mass is 35.5. The number of hydrogen-bond acceptors (Lipinski definition) is 6. The predicted molar refractivity (Wildman–Crippen MR) is 124 cm³/mol. The third-order valence-corrected chi connectivity index (χ3v) is 6.42. The Hall–Kier alpha value is -2.65. The zero-order valence-corrected chi connectivity index (χ0v) is 19.7. The number of benzene rings is 2. The van der Waals surface area contributed by atoms with Crippen molar-refractivity contribution in [1.29, 1.82) is 0 Å². The first-order chi connectivity index (χ1) is 15.2. The third-order valence-electron chi connectivity index (χ3n) is 4.82. The van der Waals surface area contributed by atoms with Gasteiger partial charge < -0.3 is 19.5 Å². The molecule has 0 aliphatic carbocycles. The van der Waals surface area contributed by atoms with Crippen LogP contribution in [-0.2, 0) is 14.8 Å². The van der Waals surface area contributed by atoms with Gasteiger partial charge in [-0.2, -0.15) is 0 Å². The number of rotatable bonds is 10. The van der Waals surface area contributed by atoms with Crippen molar-refractivity contribution in [2.45, 2.75) is 19.8 Å². The molecule has 0 bridgehead atoms. The monoisotopic (exact) mass is 482 g/mol. The first kappa shape index (κ1) is 24.0. The van der Waals surface area contributed by atoms with E-state index >= 15 is 0 Å². The van der Waals surface area contributed by atoms with Crippen molar-refractivity contribution in [2.24, 2.45) is 0 Å². The van der Waals surface area contributed by atoms with E-state index in [1.807, 2.05) is 19.1 Å². The Morgan fingerprint density at radius 3 is 2.62 bits per heavy atom. The van der Waals surface area contributed by atoms with Gasteiger partial charge in [-0.1, -0.05) is 17.7 Å². The summed E-state index contributed by atoms with van der Waals surface area (Å²) in [4.78, 5) is 12.1. The number of carbonyl (C=O) groups excluding carboxylic acids is 1. The van der Waals surface area contributed by atoms with Crippen molar-refractivity contribution in [3.05, 3.63) is 47.0 Å². The van der Waals surface area contributed by atoms with Crippen LogP contribution in [0.4, 0.5) is 5.69 Å². The smallest absolute Gasteiger partial charge is 0.232 e. The fraction of sp³-hybridized carbons (Fsp3) is 0.409. The molecule has 0 aromatic heterocycles. The Bertz CT molecular complexity index is 1060. The van der Waals surface area contributed by atoms with Gasteiger partial charge in [0.25, 0.3) is 0 Å². The van der Waals surface area contributed by atoms with Crippen molar-refractivity contribution in [2.75, 3.05) is 43.5 Å². The summed E-state index contributed by atoms with van der Waals surface area (Å²) < 4.78 is 42.4. The van der Waals surface area contributed by atoms with E-state index in [1.54, 1.807) is 24.3 Å². The molecule has 3 rings (SSSR count). The summed E-state index contributed by atoms with van der Waals surface area (Å²) in [6, 6.07) is 10.4. The summed E-state index contributed by atoms with van der Waals surface area (Å²) in [5, 5.41) is 3.40. The second kappa shape index (κ2) is 10.8. The Morgan fingerprint density at radius 2 is 1.91 bits per heavy atom. The van der Waals surface area contributed by atoms with Gasteiger partial charge in [0.1, 0.15) is 25.6 Å². The van der Waals surface area contributed by atoms with Crippen molar-refractivity contribution in [3.63, 3.8) is 0 Å². The van der Waals surface area contributed by atoms with Crippen LogP contribution in [0.5, 0.6) is 17.2 Å². The average Bonchev–Trinajstić information content (AvgIpc) is 2.75. The molecule has 0 radical (unpaired) electrons. The van der Waals surface area contributed by atoms with E-state index in [0.29, 0.717) is 60.7 Å². The fourth-order valence-electron chi connectivity index (χ4n) is 3.17. The number of ether oxygens (including phenoxy) is 3. The van der Waals surface area contributed by atoms with Crippen LogP contribution in [0.25, 0.3) is 0 Å². The maximum atomic E-state index is 12.3. The number of hydrogen-bond donors (Lipinski definition) is 1. The van der Waals surface area contributed by atoms with Crippen LogP contribution in [0, 0.1) is 6.92 Å². The third kappa shape index (κ3) is 6.67. The molecule has 0 atom stereocenters. The lowest BCUT2D eigenvalue weighted by Crippen LogP contribution is -2.33. The van der Waals surface area contributed by atoms with Crippen molar-refractivity contribution >= 4 is 33.2 Å². The molecule has 1 aliphatic heterocycles. The highest BCUT2D eigenvalue weighted by Gasteiger charge is 2.21. The zero-order chi connectivity index (χ0) is 23.1. The number of halogens is 1. The molecule has 0 saturated heterocycles. The van der Waals surface area contributed by atoms with Crippen LogP contribution in [0.1, 0.15) is 18.4 Å². The molecule has 2 aromatic carbocycles. The summed E-state index contributed by atoms with van der Waals surface area (Å²) in [6.07, 6.45) is 1.69. The van der Waals surface area contributed by atoms with Gasteiger partial charge in [-0.05, 0) is 43.2 Å². The predicted octanol–water partition coefficient (Wildman–Crippen LogP) is 3.16. The second-order valence-corrected chi connectivity index (χ2v) is 9.69. The van der Waals surface area contributed by atoms with E-state index < -0.39 is 10.0 Å². The number of carbonyl (C=O) groups is 1. The largest absolute Gasteiger partial charge is 0.492 e. The van der Waals surface area contributed by atoms with Crippen LogP contribution >= 0.6 is 11.6 Å². The minimum Gasteiger partial charge on any atom is -0.492 e. The number of sulfonamides is 1. The SMILES string of the molecule is Cc1ccc(OCCNC(=O)CCCN(c2ccc3c(c2)OCCO3)S(C)(=O)=O)cc1Cl. The fourth-order valence-corrected chi connectivity index (χ4v) is 4.30. The quantitative estimate of drug-likeness (QED) is 0.523. The van der Waals surface area contributed by atoms with Crippen molar-refractivity contribution < 1.29 is 27.4 Å². The molecule has 10 heteroatoms. The zero-order valence-electron chi connectivity index (χ0n) is 18.1. The summed E-state index contributed by atoms with van der Waals surface area (Å²) in [7, 11) is -3.53. The minimum atomic E-state index is -3.53. The molecule has 1 amide bonds. The molecule has 0 fully saturated rings. The molecule has 2 aromatic rings. The van der Waals surface area contributed by atoms with E-state index in [-0.39, 0.29) is 18.9 Å². The molecule has 32 heavy (non-hydrogen) atoms. The summed E-state index contributed by atoms with van der Waals surface area (Å²) in [6.45, 7) is 3.59. The van der Waals surface area contributed by atoms with Crippen LogP contribution in [0.15, 0.2) is 36.4 Å². The number of fused-ring (bicyclic) bond motifs is 1. The molecule has 1 aliphatic rings. The van der Waals surface area contributed by atoms with Gasteiger partial charge in [-0.3, -0.25) is 9.10 Å². The van der Waals surface area contributed by atoms with E-state index in [4.69, 9.17) is 25.8 Å². The summed E-state index contributed by atoms with van der Waals surface area (Å²) in [5.41, 5.74) is 1.44. The molecule has 8 nitrogen and oxygen atoms in total. The summed E-state index contributed by atoms with van der Waals surface area (Å²) >= 11 is 6.06. The topological polar surface area (TPSA) is 94.2 Å². The van der Waals surface area contributed by atoms with Gasteiger partial charge in [0.15, 0.2) is 11.5 Å². The number of amides is 1. The molecule has 1 N–H and O–H groups in total.